The SMILES string of the molecule is CCCc1cc(C(=O)N(Cc2cccnc2)C2CCCc3ccccc32)n[nH]1. The van der Waals surface area contributed by atoms with Crippen LogP contribution in [-0.2, 0) is 19.4 Å². The van der Waals surface area contributed by atoms with Crippen LogP contribution in [0.15, 0.2) is 54.9 Å². The van der Waals surface area contributed by atoms with Gasteiger partial charge in [0.15, 0.2) is 0 Å². The zero-order valence-corrected chi connectivity index (χ0v) is 16.3. The molecule has 2 aromatic heterocycles. The van der Waals surface area contributed by atoms with Crippen LogP contribution in [0.5, 0.6) is 0 Å². The van der Waals surface area contributed by atoms with Crippen LogP contribution in [-0.4, -0.2) is 26.0 Å². The van der Waals surface area contributed by atoms with Crippen molar-refractivity contribution in [3.05, 3.63) is 82.9 Å². The second-order valence-corrected chi connectivity index (χ2v) is 7.43. The van der Waals surface area contributed by atoms with Crippen LogP contribution in [0.1, 0.15) is 65.1 Å². The van der Waals surface area contributed by atoms with Gasteiger partial charge >= 0.3 is 0 Å². The minimum Gasteiger partial charge on any atom is -0.326 e. The van der Waals surface area contributed by atoms with E-state index < -0.39 is 0 Å². The maximum atomic E-state index is 13.5. The molecule has 2 heterocycles. The molecular weight excluding hydrogens is 348 g/mol. The van der Waals surface area contributed by atoms with Crippen molar-refractivity contribution in [3.63, 3.8) is 0 Å². The molecule has 0 bridgehead atoms. The first-order valence-electron chi connectivity index (χ1n) is 10.1. The lowest BCUT2D eigenvalue weighted by molar-refractivity contribution is 0.0631. The molecule has 1 aliphatic carbocycles. The van der Waals surface area contributed by atoms with Crippen molar-refractivity contribution in [3.8, 4) is 0 Å². The van der Waals surface area contributed by atoms with Crippen molar-refractivity contribution in [2.75, 3.05) is 0 Å². The Labute approximate surface area is 165 Å². The number of H-pyrrole nitrogens is 1. The number of nitrogens with zero attached hydrogens (tertiary/aromatic N) is 3. The highest BCUT2D eigenvalue weighted by Crippen LogP contribution is 2.35. The summed E-state index contributed by atoms with van der Waals surface area (Å²) in [6, 6.07) is 14.4. The standard InChI is InChI=1S/C23H26N4O/c1-2-7-19-14-21(26-25-19)23(28)27(16-17-8-6-13-24-15-17)22-12-5-10-18-9-3-4-11-20(18)22/h3-4,6,8-9,11,13-15,22H,2,5,7,10,12,16H2,1H3,(H,25,26). The van der Waals surface area contributed by atoms with Crippen LogP contribution in [0.3, 0.4) is 0 Å². The van der Waals surface area contributed by atoms with Crippen molar-refractivity contribution in [2.45, 2.75) is 51.6 Å². The summed E-state index contributed by atoms with van der Waals surface area (Å²) in [4.78, 5) is 19.7. The van der Waals surface area contributed by atoms with Gasteiger partial charge in [-0.05, 0) is 54.5 Å². The fourth-order valence-corrected chi connectivity index (χ4v) is 4.08. The quantitative estimate of drug-likeness (QED) is 0.692. The molecule has 1 amide bonds. The summed E-state index contributed by atoms with van der Waals surface area (Å²) < 4.78 is 0. The van der Waals surface area contributed by atoms with Gasteiger partial charge in [0.05, 0.1) is 6.04 Å². The largest absolute Gasteiger partial charge is 0.326 e. The Balaban J connectivity index is 1.69. The molecule has 1 atom stereocenters. The number of aryl methyl sites for hydroxylation is 2. The highest BCUT2D eigenvalue weighted by molar-refractivity contribution is 5.92. The normalized spacial score (nSPS) is 15.8. The first-order chi connectivity index (χ1) is 13.8. The Morgan fingerprint density at radius 3 is 2.96 bits per heavy atom. The first kappa shape index (κ1) is 18.4. The summed E-state index contributed by atoms with van der Waals surface area (Å²) in [7, 11) is 0. The van der Waals surface area contributed by atoms with Gasteiger partial charge in [0.25, 0.3) is 5.91 Å². The third-order valence-electron chi connectivity index (χ3n) is 5.42. The smallest absolute Gasteiger partial charge is 0.275 e. The van der Waals surface area contributed by atoms with E-state index >= 15 is 0 Å². The highest BCUT2D eigenvalue weighted by Gasteiger charge is 2.31. The number of pyridine rings is 1. The van der Waals surface area contributed by atoms with Gasteiger partial charge in [-0.3, -0.25) is 14.9 Å². The number of amides is 1. The van der Waals surface area contributed by atoms with E-state index in [-0.39, 0.29) is 11.9 Å². The molecule has 0 radical (unpaired) electrons. The van der Waals surface area contributed by atoms with Gasteiger partial charge in [0, 0.05) is 24.6 Å². The fraction of sp³-hybridized carbons (Fsp3) is 0.348. The zero-order chi connectivity index (χ0) is 19.3. The lowest BCUT2D eigenvalue weighted by Crippen LogP contribution is -2.36. The third-order valence-corrected chi connectivity index (χ3v) is 5.42. The van der Waals surface area contributed by atoms with E-state index in [2.05, 4.69) is 46.4 Å². The number of benzene rings is 1. The molecule has 1 aliphatic rings. The van der Waals surface area contributed by atoms with E-state index in [4.69, 9.17) is 0 Å². The summed E-state index contributed by atoms with van der Waals surface area (Å²) in [6.45, 7) is 2.65. The fourth-order valence-electron chi connectivity index (χ4n) is 4.08. The van der Waals surface area contributed by atoms with Gasteiger partial charge in [-0.15, -0.1) is 0 Å². The van der Waals surface area contributed by atoms with Crippen molar-refractivity contribution in [1.29, 1.82) is 0 Å². The molecule has 0 saturated heterocycles. The average molecular weight is 374 g/mol. The number of fused-ring (bicyclic) bond motifs is 1. The summed E-state index contributed by atoms with van der Waals surface area (Å²) in [5.41, 5.74) is 5.14. The van der Waals surface area contributed by atoms with E-state index in [1.807, 2.05) is 29.3 Å². The van der Waals surface area contributed by atoms with Crippen molar-refractivity contribution in [1.82, 2.24) is 20.1 Å². The Morgan fingerprint density at radius 2 is 2.14 bits per heavy atom. The monoisotopic (exact) mass is 374 g/mol. The van der Waals surface area contributed by atoms with Crippen LogP contribution in [0.25, 0.3) is 0 Å². The Bertz CT molecular complexity index is 935. The van der Waals surface area contributed by atoms with Crippen LogP contribution in [0, 0.1) is 0 Å². The van der Waals surface area contributed by atoms with Crippen LogP contribution in [0.2, 0.25) is 0 Å². The second-order valence-electron chi connectivity index (χ2n) is 7.43. The molecule has 0 aliphatic heterocycles. The number of aromatic amines is 1. The molecule has 4 rings (SSSR count). The maximum absolute atomic E-state index is 13.5. The molecule has 144 valence electrons. The first-order valence-corrected chi connectivity index (χ1v) is 10.1. The molecule has 0 spiro atoms. The van der Waals surface area contributed by atoms with Crippen molar-refractivity contribution >= 4 is 5.91 Å². The van der Waals surface area contributed by atoms with Gasteiger partial charge in [0.2, 0.25) is 0 Å². The van der Waals surface area contributed by atoms with Gasteiger partial charge in [-0.25, -0.2) is 0 Å². The number of carbonyl (C=O) groups excluding carboxylic acids is 1. The number of rotatable bonds is 6. The molecule has 1 aromatic carbocycles. The molecule has 3 aromatic rings. The predicted molar refractivity (Wildman–Crippen MR) is 109 cm³/mol. The van der Waals surface area contributed by atoms with Gasteiger partial charge in [0.1, 0.15) is 5.69 Å². The van der Waals surface area contributed by atoms with Gasteiger partial charge in [-0.2, -0.15) is 5.10 Å². The minimum atomic E-state index is -0.0239. The number of aromatic nitrogens is 3. The van der Waals surface area contributed by atoms with Crippen LogP contribution < -0.4 is 0 Å². The van der Waals surface area contributed by atoms with E-state index in [0.717, 1.165) is 43.4 Å². The minimum absolute atomic E-state index is 0.0239. The van der Waals surface area contributed by atoms with E-state index in [9.17, 15) is 4.79 Å². The van der Waals surface area contributed by atoms with Crippen LogP contribution >= 0.6 is 0 Å². The number of carbonyl (C=O) groups is 1. The van der Waals surface area contributed by atoms with Crippen LogP contribution in [0.4, 0.5) is 0 Å². The summed E-state index contributed by atoms with van der Waals surface area (Å²) in [5.74, 6) is -0.0239. The molecule has 1 unspecified atom stereocenters. The Morgan fingerprint density at radius 1 is 1.25 bits per heavy atom. The topological polar surface area (TPSA) is 61.9 Å². The maximum Gasteiger partial charge on any atom is 0.275 e. The second kappa shape index (κ2) is 8.38. The molecule has 0 saturated carbocycles. The Hall–Kier alpha value is -2.95. The van der Waals surface area contributed by atoms with E-state index in [1.54, 1.807) is 6.20 Å². The zero-order valence-electron chi connectivity index (χ0n) is 16.3. The van der Waals surface area contributed by atoms with Crippen molar-refractivity contribution < 1.29 is 4.79 Å². The Kier molecular flexibility index (Phi) is 5.51. The number of hydrogen-bond donors (Lipinski definition) is 1. The summed E-state index contributed by atoms with van der Waals surface area (Å²) >= 11 is 0. The predicted octanol–water partition coefficient (Wildman–Crippen LogP) is 4.48. The lowest BCUT2D eigenvalue weighted by atomic mass is 9.86. The average Bonchev–Trinajstić information content (AvgIpc) is 3.21. The molecule has 5 nitrogen and oxygen atoms in total. The molecule has 0 fully saturated rings. The van der Waals surface area contributed by atoms with E-state index in [1.165, 1.54) is 11.1 Å². The summed E-state index contributed by atoms with van der Waals surface area (Å²) in [6.07, 6.45) is 8.64. The van der Waals surface area contributed by atoms with E-state index in [0.29, 0.717) is 12.2 Å². The number of hydrogen-bond acceptors (Lipinski definition) is 3. The lowest BCUT2D eigenvalue weighted by Gasteiger charge is -2.35. The molecule has 1 N–H and O–H groups in total. The third kappa shape index (κ3) is 3.84. The van der Waals surface area contributed by atoms with Crippen molar-refractivity contribution in [2.24, 2.45) is 0 Å². The molecular formula is C23H26N4O. The van der Waals surface area contributed by atoms with Gasteiger partial charge < -0.3 is 4.90 Å². The molecule has 5 heteroatoms. The van der Waals surface area contributed by atoms with Gasteiger partial charge in [-0.1, -0.05) is 43.7 Å². The molecule has 28 heavy (non-hydrogen) atoms. The summed E-state index contributed by atoms with van der Waals surface area (Å²) in [5, 5.41) is 7.33. The highest BCUT2D eigenvalue weighted by atomic mass is 16.2. The number of nitrogens with one attached hydrogen (secondary N) is 1.